The molecule has 21 heavy (non-hydrogen) atoms. The first kappa shape index (κ1) is 15.4. The van der Waals surface area contributed by atoms with Crippen LogP contribution in [0.25, 0.3) is 6.08 Å². The van der Waals surface area contributed by atoms with Gasteiger partial charge in [-0.2, -0.15) is 0 Å². The largest absolute Gasteiger partial charge is 0.490 e. The van der Waals surface area contributed by atoms with Gasteiger partial charge in [0.25, 0.3) is 5.91 Å². The van der Waals surface area contributed by atoms with Crippen LogP contribution in [0.2, 0.25) is 0 Å². The summed E-state index contributed by atoms with van der Waals surface area (Å²) in [7, 11) is 0. The summed E-state index contributed by atoms with van der Waals surface area (Å²) in [6, 6.07) is 5.40. The van der Waals surface area contributed by atoms with Crippen LogP contribution in [-0.2, 0) is 4.79 Å². The van der Waals surface area contributed by atoms with E-state index in [9.17, 15) is 4.79 Å². The number of nitrogens with one attached hydrogen (secondary N) is 1. The minimum atomic E-state index is -0.185. The van der Waals surface area contributed by atoms with E-state index in [1.54, 1.807) is 18.2 Å². The highest BCUT2D eigenvalue weighted by molar-refractivity contribution is 8.26. The molecule has 4 nitrogen and oxygen atoms in total. The van der Waals surface area contributed by atoms with Crippen molar-refractivity contribution in [3.8, 4) is 23.8 Å². The van der Waals surface area contributed by atoms with Gasteiger partial charge in [0.1, 0.15) is 10.9 Å². The zero-order valence-corrected chi connectivity index (χ0v) is 13.0. The number of carbonyl (C=O) groups is 1. The van der Waals surface area contributed by atoms with Gasteiger partial charge in [-0.1, -0.05) is 36.0 Å². The van der Waals surface area contributed by atoms with Gasteiger partial charge in [-0.25, -0.2) is 0 Å². The molecule has 0 radical (unpaired) electrons. The average Bonchev–Trinajstić information content (AvgIpc) is 2.76. The molecule has 0 aliphatic carbocycles. The lowest BCUT2D eigenvalue weighted by atomic mass is 10.2. The van der Waals surface area contributed by atoms with Gasteiger partial charge in [-0.05, 0) is 30.7 Å². The molecule has 0 unspecified atom stereocenters. The van der Waals surface area contributed by atoms with Crippen molar-refractivity contribution in [2.75, 3.05) is 13.2 Å². The maximum atomic E-state index is 11.6. The maximum absolute atomic E-state index is 11.6. The summed E-state index contributed by atoms with van der Waals surface area (Å²) in [6.07, 6.45) is 6.94. The molecule has 2 rings (SSSR count). The Bertz CT molecular complexity index is 647. The summed E-state index contributed by atoms with van der Waals surface area (Å²) in [6.45, 7) is 2.56. The molecule has 1 amide bonds. The highest BCUT2D eigenvalue weighted by Gasteiger charge is 2.22. The number of terminal acetylenes is 1. The molecule has 0 aromatic heterocycles. The Balaban J connectivity index is 2.27. The summed E-state index contributed by atoms with van der Waals surface area (Å²) in [5, 5.41) is 2.58. The number of benzene rings is 1. The van der Waals surface area contributed by atoms with Crippen molar-refractivity contribution in [1.29, 1.82) is 0 Å². The number of hydrogen-bond acceptors (Lipinski definition) is 5. The zero-order chi connectivity index (χ0) is 15.2. The third kappa shape index (κ3) is 4.00. The quantitative estimate of drug-likeness (QED) is 0.513. The van der Waals surface area contributed by atoms with Crippen molar-refractivity contribution in [1.82, 2.24) is 5.32 Å². The van der Waals surface area contributed by atoms with Crippen LogP contribution in [-0.4, -0.2) is 23.4 Å². The standard InChI is InChI=1S/C15H13NO3S2/c1-3-7-19-11-6-5-10(8-12(11)18-4-2)9-13-14(17)16-15(20)21-13/h1,5-6,8-9H,4,7H2,2H3,(H,16,17,20)/b13-9-. The number of thiocarbonyl (C=S) groups is 1. The zero-order valence-electron chi connectivity index (χ0n) is 11.3. The van der Waals surface area contributed by atoms with Crippen molar-refractivity contribution in [3.63, 3.8) is 0 Å². The van der Waals surface area contributed by atoms with E-state index >= 15 is 0 Å². The molecule has 6 heteroatoms. The van der Waals surface area contributed by atoms with E-state index in [-0.39, 0.29) is 12.5 Å². The molecule has 0 saturated carbocycles. The Morgan fingerprint density at radius 1 is 1.43 bits per heavy atom. The lowest BCUT2D eigenvalue weighted by Gasteiger charge is -2.11. The van der Waals surface area contributed by atoms with E-state index in [2.05, 4.69) is 11.2 Å². The SMILES string of the molecule is C#CCOc1ccc(/C=C2\SC(=S)NC2=O)cc1OCC. The van der Waals surface area contributed by atoms with Gasteiger partial charge in [0.15, 0.2) is 11.5 Å². The minimum Gasteiger partial charge on any atom is -0.490 e. The predicted octanol–water partition coefficient (Wildman–Crippen LogP) is 2.59. The lowest BCUT2D eigenvalue weighted by Crippen LogP contribution is -2.17. The molecule has 1 aromatic rings. The second-order valence-electron chi connectivity index (χ2n) is 3.98. The Morgan fingerprint density at radius 2 is 2.24 bits per heavy atom. The average molecular weight is 319 g/mol. The molecular formula is C15H13NO3S2. The Kier molecular flexibility index (Phi) is 5.26. The number of amides is 1. The molecule has 1 heterocycles. The van der Waals surface area contributed by atoms with Gasteiger partial charge in [0.2, 0.25) is 0 Å². The predicted molar refractivity (Wildman–Crippen MR) is 88.2 cm³/mol. The van der Waals surface area contributed by atoms with Gasteiger partial charge < -0.3 is 14.8 Å². The van der Waals surface area contributed by atoms with Gasteiger partial charge in [-0.15, -0.1) is 6.42 Å². The highest BCUT2D eigenvalue weighted by Crippen LogP contribution is 2.31. The van der Waals surface area contributed by atoms with Gasteiger partial charge in [0.05, 0.1) is 11.5 Å². The van der Waals surface area contributed by atoms with Gasteiger partial charge in [-0.3, -0.25) is 4.79 Å². The smallest absolute Gasteiger partial charge is 0.263 e. The van der Waals surface area contributed by atoms with E-state index in [0.717, 1.165) is 5.56 Å². The van der Waals surface area contributed by atoms with Crippen LogP contribution >= 0.6 is 24.0 Å². The van der Waals surface area contributed by atoms with Crippen LogP contribution in [0.4, 0.5) is 0 Å². The number of carbonyl (C=O) groups excluding carboxylic acids is 1. The van der Waals surface area contributed by atoms with E-state index in [1.807, 2.05) is 13.0 Å². The molecule has 0 bridgehead atoms. The molecule has 1 saturated heterocycles. The summed E-state index contributed by atoms with van der Waals surface area (Å²) >= 11 is 6.19. The monoisotopic (exact) mass is 319 g/mol. The van der Waals surface area contributed by atoms with E-state index in [1.165, 1.54) is 11.8 Å². The third-order valence-electron chi connectivity index (χ3n) is 2.52. The Hall–Kier alpha value is -1.97. The maximum Gasteiger partial charge on any atom is 0.263 e. The summed E-state index contributed by atoms with van der Waals surface area (Å²) in [5.74, 6) is 3.40. The molecule has 1 aromatic carbocycles. The fourth-order valence-corrected chi connectivity index (χ4v) is 2.74. The number of rotatable bonds is 5. The van der Waals surface area contributed by atoms with Crippen molar-refractivity contribution < 1.29 is 14.3 Å². The first-order valence-electron chi connectivity index (χ1n) is 6.22. The van der Waals surface area contributed by atoms with Gasteiger partial charge in [0, 0.05) is 0 Å². The normalized spacial score (nSPS) is 15.7. The Labute approximate surface area is 132 Å². The van der Waals surface area contributed by atoms with Crippen LogP contribution in [0.1, 0.15) is 12.5 Å². The molecular weight excluding hydrogens is 306 g/mol. The number of hydrogen-bond donors (Lipinski definition) is 1. The first-order chi connectivity index (χ1) is 10.1. The minimum absolute atomic E-state index is 0.174. The molecule has 1 aliphatic rings. The van der Waals surface area contributed by atoms with Crippen LogP contribution in [0.15, 0.2) is 23.1 Å². The van der Waals surface area contributed by atoms with Crippen molar-refractivity contribution in [3.05, 3.63) is 28.7 Å². The first-order valence-corrected chi connectivity index (χ1v) is 7.44. The molecule has 108 valence electrons. The molecule has 1 fully saturated rings. The Morgan fingerprint density at radius 3 is 2.86 bits per heavy atom. The number of thioether (sulfide) groups is 1. The van der Waals surface area contributed by atoms with Crippen molar-refractivity contribution >= 4 is 40.3 Å². The fraction of sp³-hybridized carbons (Fsp3) is 0.200. The third-order valence-corrected chi connectivity index (χ3v) is 3.68. The van der Waals surface area contributed by atoms with Gasteiger partial charge >= 0.3 is 0 Å². The van der Waals surface area contributed by atoms with Crippen LogP contribution < -0.4 is 14.8 Å². The second kappa shape index (κ2) is 7.16. The highest BCUT2D eigenvalue weighted by atomic mass is 32.2. The summed E-state index contributed by atoms with van der Waals surface area (Å²) in [4.78, 5) is 12.2. The lowest BCUT2D eigenvalue weighted by molar-refractivity contribution is -0.115. The van der Waals surface area contributed by atoms with E-state index in [0.29, 0.717) is 27.3 Å². The fourth-order valence-electron chi connectivity index (χ4n) is 1.69. The molecule has 1 aliphatic heterocycles. The molecule has 0 spiro atoms. The molecule has 1 N–H and O–H groups in total. The summed E-state index contributed by atoms with van der Waals surface area (Å²) < 4.78 is 11.4. The summed E-state index contributed by atoms with van der Waals surface area (Å²) in [5.41, 5.74) is 0.828. The van der Waals surface area contributed by atoms with E-state index < -0.39 is 0 Å². The second-order valence-corrected chi connectivity index (χ2v) is 5.70. The number of ether oxygens (including phenoxy) is 2. The topological polar surface area (TPSA) is 47.6 Å². The van der Waals surface area contributed by atoms with Crippen molar-refractivity contribution in [2.45, 2.75) is 6.92 Å². The van der Waals surface area contributed by atoms with Crippen LogP contribution in [0.3, 0.4) is 0 Å². The van der Waals surface area contributed by atoms with E-state index in [4.69, 9.17) is 28.1 Å². The van der Waals surface area contributed by atoms with Crippen molar-refractivity contribution in [2.24, 2.45) is 0 Å². The van der Waals surface area contributed by atoms with Crippen LogP contribution in [0, 0.1) is 12.3 Å². The van der Waals surface area contributed by atoms with Crippen LogP contribution in [0.5, 0.6) is 11.5 Å². The molecule has 0 atom stereocenters.